The third kappa shape index (κ3) is 3.45. The number of aliphatic hydroxyl groups excluding tert-OH is 1. The molecule has 0 saturated heterocycles. The van der Waals surface area contributed by atoms with Crippen LogP contribution in [0.5, 0.6) is 0 Å². The van der Waals surface area contributed by atoms with E-state index >= 15 is 0 Å². The summed E-state index contributed by atoms with van der Waals surface area (Å²) < 4.78 is 1.74. The molecule has 0 aromatic carbocycles. The van der Waals surface area contributed by atoms with E-state index in [4.69, 9.17) is 17.3 Å². The van der Waals surface area contributed by atoms with Crippen molar-refractivity contribution in [3.8, 4) is 0 Å². The monoisotopic (exact) mass is 246 g/mol. The first-order chi connectivity index (χ1) is 7.56. The zero-order valence-corrected chi connectivity index (χ0v) is 10.5. The molecular formula is C10H19ClN4O. The van der Waals surface area contributed by atoms with Crippen molar-refractivity contribution in [1.82, 2.24) is 14.7 Å². The van der Waals surface area contributed by atoms with Gasteiger partial charge in [0, 0.05) is 6.54 Å². The Kier molecular flexibility index (Phi) is 5.21. The van der Waals surface area contributed by atoms with E-state index in [0.29, 0.717) is 30.2 Å². The van der Waals surface area contributed by atoms with Gasteiger partial charge >= 0.3 is 0 Å². The Morgan fingerprint density at radius 1 is 1.62 bits per heavy atom. The van der Waals surface area contributed by atoms with Gasteiger partial charge in [-0.05, 0) is 27.1 Å². The molecule has 92 valence electrons. The Hall–Kier alpha value is -0.620. The molecule has 1 rings (SSSR count). The molecule has 0 aliphatic heterocycles. The fourth-order valence-electron chi connectivity index (χ4n) is 1.47. The van der Waals surface area contributed by atoms with Gasteiger partial charge in [0.1, 0.15) is 0 Å². The number of halogens is 1. The zero-order chi connectivity index (χ0) is 12.1. The molecule has 0 spiro atoms. The number of nitrogens with zero attached hydrogens (tertiary/aromatic N) is 3. The van der Waals surface area contributed by atoms with Crippen LogP contribution in [0.1, 0.15) is 18.2 Å². The van der Waals surface area contributed by atoms with Crippen LogP contribution in [0.25, 0.3) is 0 Å². The van der Waals surface area contributed by atoms with Crippen LogP contribution in [0.2, 0.25) is 5.02 Å². The molecule has 0 aliphatic rings. The molecule has 1 aromatic rings. The van der Waals surface area contributed by atoms with Crippen molar-refractivity contribution in [2.45, 2.75) is 19.1 Å². The van der Waals surface area contributed by atoms with Crippen molar-refractivity contribution in [3.05, 3.63) is 16.9 Å². The molecule has 5 nitrogen and oxygen atoms in total. The molecule has 1 heterocycles. The minimum absolute atomic E-state index is 0.427. The highest BCUT2D eigenvalue weighted by molar-refractivity contribution is 6.31. The minimum atomic E-state index is -0.637. The van der Waals surface area contributed by atoms with Gasteiger partial charge in [-0.25, -0.2) is 0 Å². The minimum Gasteiger partial charge on any atom is -0.387 e. The molecule has 0 amide bonds. The lowest BCUT2D eigenvalue weighted by Gasteiger charge is -2.15. The van der Waals surface area contributed by atoms with Crippen molar-refractivity contribution >= 4 is 11.6 Å². The summed E-state index contributed by atoms with van der Waals surface area (Å²) in [6.45, 7) is 1.98. The largest absolute Gasteiger partial charge is 0.387 e. The van der Waals surface area contributed by atoms with Crippen LogP contribution >= 0.6 is 11.6 Å². The molecule has 3 N–H and O–H groups in total. The van der Waals surface area contributed by atoms with Crippen molar-refractivity contribution in [3.63, 3.8) is 0 Å². The summed E-state index contributed by atoms with van der Waals surface area (Å²) >= 11 is 5.99. The molecule has 16 heavy (non-hydrogen) atoms. The van der Waals surface area contributed by atoms with E-state index in [2.05, 4.69) is 10.00 Å². The Labute approximate surface area is 101 Å². The van der Waals surface area contributed by atoms with E-state index in [-0.39, 0.29) is 0 Å². The van der Waals surface area contributed by atoms with Gasteiger partial charge in [-0.2, -0.15) is 5.10 Å². The molecule has 0 saturated carbocycles. The molecule has 1 unspecified atom stereocenters. The fraction of sp³-hybridized carbons (Fsp3) is 0.700. The maximum Gasteiger partial charge on any atom is 0.0983 e. The average Bonchev–Trinajstić information content (AvgIpc) is 2.57. The summed E-state index contributed by atoms with van der Waals surface area (Å²) in [7, 11) is 3.97. The van der Waals surface area contributed by atoms with Gasteiger partial charge in [0.25, 0.3) is 0 Å². The van der Waals surface area contributed by atoms with Crippen LogP contribution in [0.4, 0.5) is 0 Å². The van der Waals surface area contributed by atoms with Gasteiger partial charge in [-0.3, -0.25) is 4.68 Å². The van der Waals surface area contributed by atoms with Gasteiger partial charge < -0.3 is 15.7 Å². The SMILES string of the molecule is CN(C)CCn1ncc(Cl)c1C(O)CCN. The highest BCUT2D eigenvalue weighted by Gasteiger charge is 2.17. The Bertz CT molecular complexity index is 327. The Balaban J connectivity index is 2.76. The summed E-state index contributed by atoms with van der Waals surface area (Å²) in [6, 6.07) is 0. The lowest BCUT2D eigenvalue weighted by molar-refractivity contribution is 0.158. The molecular weight excluding hydrogens is 228 g/mol. The van der Waals surface area contributed by atoms with Gasteiger partial charge in [0.05, 0.1) is 29.6 Å². The number of rotatable bonds is 6. The van der Waals surface area contributed by atoms with Crippen LogP contribution < -0.4 is 5.73 Å². The first-order valence-electron chi connectivity index (χ1n) is 5.30. The normalized spacial score (nSPS) is 13.4. The molecule has 0 aliphatic carbocycles. The second kappa shape index (κ2) is 6.20. The number of aromatic nitrogens is 2. The number of nitrogens with two attached hydrogens (primary N) is 1. The number of aliphatic hydroxyl groups is 1. The maximum absolute atomic E-state index is 9.90. The summed E-state index contributed by atoms with van der Waals surface area (Å²) in [4.78, 5) is 2.05. The Morgan fingerprint density at radius 2 is 2.31 bits per heavy atom. The van der Waals surface area contributed by atoms with Gasteiger partial charge in [-0.15, -0.1) is 0 Å². The third-order valence-electron chi connectivity index (χ3n) is 2.35. The summed E-state index contributed by atoms with van der Waals surface area (Å²) in [6.07, 6.45) is 1.42. The number of hydrogen-bond donors (Lipinski definition) is 2. The van der Waals surface area contributed by atoms with Gasteiger partial charge in [0.2, 0.25) is 0 Å². The smallest absolute Gasteiger partial charge is 0.0983 e. The number of hydrogen-bond acceptors (Lipinski definition) is 4. The van der Waals surface area contributed by atoms with Crippen LogP contribution in [0.3, 0.4) is 0 Å². The van der Waals surface area contributed by atoms with E-state index in [9.17, 15) is 5.11 Å². The summed E-state index contributed by atoms with van der Waals surface area (Å²) in [5.74, 6) is 0. The van der Waals surface area contributed by atoms with E-state index in [1.54, 1.807) is 10.9 Å². The molecule has 6 heteroatoms. The van der Waals surface area contributed by atoms with Gasteiger partial charge in [0.15, 0.2) is 0 Å². The van der Waals surface area contributed by atoms with Crippen LogP contribution in [-0.2, 0) is 6.54 Å². The highest BCUT2D eigenvalue weighted by Crippen LogP contribution is 2.24. The second-order valence-electron chi connectivity index (χ2n) is 4.00. The van der Waals surface area contributed by atoms with Crippen molar-refractivity contribution < 1.29 is 5.11 Å². The first kappa shape index (κ1) is 13.4. The number of likely N-dealkylation sites (N-methyl/N-ethyl adjacent to an activating group) is 1. The van der Waals surface area contributed by atoms with Crippen LogP contribution in [0.15, 0.2) is 6.20 Å². The van der Waals surface area contributed by atoms with Gasteiger partial charge in [-0.1, -0.05) is 11.6 Å². The lowest BCUT2D eigenvalue weighted by atomic mass is 10.2. The predicted octanol–water partition coefficient (Wildman–Crippen LogP) is 0.480. The molecule has 0 radical (unpaired) electrons. The second-order valence-corrected chi connectivity index (χ2v) is 4.40. The summed E-state index contributed by atoms with van der Waals surface area (Å²) in [5.41, 5.74) is 6.08. The van der Waals surface area contributed by atoms with E-state index < -0.39 is 6.10 Å². The van der Waals surface area contributed by atoms with Crippen molar-refractivity contribution in [2.24, 2.45) is 5.73 Å². The third-order valence-corrected chi connectivity index (χ3v) is 2.64. The first-order valence-corrected chi connectivity index (χ1v) is 5.68. The van der Waals surface area contributed by atoms with Crippen LogP contribution in [0, 0.1) is 0 Å². The van der Waals surface area contributed by atoms with Crippen molar-refractivity contribution in [1.29, 1.82) is 0 Å². The zero-order valence-electron chi connectivity index (χ0n) is 9.73. The standard InChI is InChI=1S/C10H19ClN4O/c1-14(2)5-6-15-10(8(11)7-13-15)9(16)3-4-12/h7,9,16H,3-6,12H2,1-2H3. The topological polar surface area (TPSA) is 67.3 Å². The maximum atomic E-state index is 9.90. The fourth-order valence-corrected chi connectivity index (χ4v) is 1.74. The molecule has 1 atom stereocenters. The molecule has 1 aromatic heterocycles. The molecule has 0 bridgehead atoms. The van der Waals surface area contributed by atoms with E-state index in [1.165, 1.54) is 0 Å². The highest BCUT2D eigenvalue weighted by atomic mass is 35.5. The predicted molar refractivity (Wildman–Crippen MR) is 64.4 cm³/mol. The average molecular weight is 247 g/mol. The molecule has 0 fully saturated rings. The quantitative estimate of drug-likeness (QED) is 0.766. The summed E-state index contributed by atoms with van der Waals surface area (Å²) in [5, 5.41) is 14.5. The van der Waals surface area contributed by atoms with E-state index in [1.807, 2.05) is 14.1 Å². The van der Waals surface area contributed by atoms with Crippen LogP contribution in [-0.4, -0.2) is 47.0 Å². The van der Waals surface area contributed by atoms with E-state index in [0.717, 1.165) is 6.54 Å². The van der Waals surface area contributed by atoms with Crippen molar-refractivity contribution in [2.75, 3.05) is 27.2 Å². The Morgan fingerprint density at radius 3 is 2.88 bits per heavy atom. The lowest BCUT2D eigenvalue weighted by Crippen LogP contribution is -2.21.